The molecule has 0 bridgehead atoms. The molecule has 1 fully saturated rings. The second-order valence-electron chi connectivity index (χ2n) is 8.68. The highest BCUT2D eigenvalue weighted by atomic mass is 16.5. The molecule has 9 heteroatoms. The van der Waals surface area contributed by atoms with Gasteiger partial charge in [0, 0.05) is 36.1 Å². The van der Waals surface area contributed by atoms with Crippen molar-refractivity contribution in [1.29, 1.82) is 0 Å². The number of rotatable bonds is 4. The Hall–Kier alpha value is -3.07. The summed E-state index contributed by atoms with van der Waals surface area (Å²) in [5.41, 5.74) is 1.33. The maximum atomic E-state index is 10.4. The maximum Gasteiger partial charge on any atom is 0.233 e. The van der Waals surface area contributed by atoms with Crippen LogP contribution in [0.15, 0.2) is 36.8 Å². The number of aromatic nitrogens is 6. The van der Waals surface area contributed by atoms with E-state index in [1.807, 2.05) is 0 Å². The zero-order valence-corrected chi connectivity index (χ0v) is 17.0. The zero-order chi connectivity index (χ0) is 20.6. The first-order chi connectivity index (χ1) is 13.7. The van der Waals surface area contributed by atoms with Crippen molar-refractivity contribution >= 4 is 0 Å². The van der Waals surface area contributed by atoms with Crippen LogP contribution >= 0.6 is 0 Å². The number of hydrogen-bond acceptors (Lipinski definition) is 8. The summed E-state index contributed by atoms with van der Waals surface area (Å²) < 4.78 is 6.10. The Morgan fingerprint density at radius 1 is 1.07 bits per heavy atom. The van der Waals surface area contributed by atoms with E-state index >= 15 is 0 Å². The van der Waals surface area contributed by atoms with E-state index in [1.54, 1.807) is 30.7 Å². The van der Waals surface area contributed by atoms with Crippen LogP contribution in [-0.4, -0.2) is 52.5 Å². The van der Waals surface area contributed by atoms with Gasteiger partial charge < -0.3 is 15.2 Å². The molecular formula is C20H25N7O2. The molecule has 0 spiro atoms. The fourth-order valence-corrected chi connectivity index (χ4v) is 4.09. The predicted molar refractivity (Wildman–Crippen MR) is 107 cm³/mol. The molecule has 0 atom stereocenters. The third-order valence-corrected chi connectivity index (χ3v) is 4.83. The van der Waals surface area contributed by atoms with Crippen LogP contribution in [0.4, 0.5) is 0 Å². The predicted octanol–water partition coefficient (Wildman–Crippen LogP) is 2.51. The van der Waals surface area contributed by atoms with Crippen molar-refractivity contribution in [2.75, 3.05) is 0 Å². The summed E-state index contributed by atoms with van der Waals surface area (Å²) in [5.74, 6) is 0.439. The molecule has 0 radical (unpaired) electrons. The standard InChI is InChI=1S/C20H25N7O2/c1-19(2)10-14(11-20(3,4)26-19)29-17-6-5-15(24-25-17)18-16(28)9-13(12-21-18)27-22-7-8-23-27/h5-9,12,14,26,28H,10-11H2,1-4H3. The molecule has 0 aliphatic carbocycles. The quantitative estimate of drug-likeness (QED) is 0.693. The Bertz CT molecular complexity index is 969. The van der Waals surface area contributed by atoms with Gasteiger partial charge in [0.05, 0.1) is 18.6 Å². The number of piperidine rings is 1. The van der Waals surface area contributed by atoms with Crippen LogP contribution in [0.5, 0.6) is 11.6 Å². The molecule has 1 aliphatic heterocycles. The number of nitrogens with zero attached hydrogens (tertiary/aromatic N) is 6. The van der Waals surface area contributed by atoms with Gasteiger partial charge in [-0.05, 0) is 33.8 Å². The molecular weight excluding hydrogens is 370 g/mol. The van der Waals surface area contributed by atoms with Crippen molar-refractivity contribution in [1.82, 2.24) is 35.5 Å². The molecule has 1 aliphatic rings. The second-order valence-corrected chi connectivity index (χ2v) is 8.68. The van der Waals surface area contributed by atoms with Gasteiger partial charge in [-0.15, -0.1) is 15.0 Å². The first-order valence-electron chi connectivity index (χ1n) is 9.57. The van der Waals surface area contributed by atoms with Gasteiger partial charge in [0.25, 0.3) is 0 Å². The molecule has 29 heavy (non-hydrogen) atoms. The lowest BCUT2D eigenvalue weighted by molar-refractivity contribution is 0.0524. The van der Waals surface area contributed by atoms with Gasteiger partial charge in [-0.1, -0.05) is 0 Å². The van der Waals surface area contributed by atoms with E-state index < -0.39 is 0 Å². The fraction of sp³-hybridized carbons (Fsp3) is 0.450. The van der Waals surface area contributed by atoms with Crippen LogP contribution < -0.4 is 10.1 Å². The SMILES string of the molecule is CC1(C)CC(Oc2ccc(-c3ncc(-n4nccn4)cc3O)nn2)CC(C)(C)N1. The Balaban J connectivity index is 1.50. The van der Waals surface area contributed by atoms with Crippen LogP contribution in [0.2, 0.25) is 0 Å². The number of pyridine rings is 1. The van der Waals surface area contributed by atoms with E-state index in [2.05, 4.69) is 58.4 Å². The van der Waals surface area contributed by atoms with Crippen molar-refractivity contribution in [2.24, 2.45) is 0 Å². The second kappa shape index (κ2) is 7.07. The van der Waals surface area contributed by atoms with E-state index in [0.29, 0.717) is 23.0 Å². The topological polar surface area (TPSA) is 111 Å². The summed E-state index contributed by atoms with van der Waals surface area (Å²) in [5, 5.41) is 30.4. The third-order valence-electron chi connectivity index (χ3n) is 4.83. The molecule has 2 N–H and O–H groups in total. The van der Waals surface area contributed by atoms with Crippen molar-refractivity contribution in [3.63, 3.8) is 0 Å². The zero-order valence-electron chi connectivity index (χ0n) is 17.0. The van der Waals surface area contributed by atoms with Gasteiger partial charge >= 0.3 is 0 Å². The van der Waals surface area contributed by atoms with E-state index in [1.165, 1.54) is 10.9 Å². The van der Waals surface area contributed by atoms with Gasteiger partial charge in [0.15, 0.2) is 0 Å². The summed E-state index contributed by atoms with van der Waals surface area (Å²) in [7, 11) is 0. The number of nitrogens with one attached hydrogen (secondary N) is 1. The van der Waals surface area contributed by atoms with Crippen molar-refractivity contribution in [3.05, 3.63) is 36.8 Å². The molecule has 9 nitrogen and oxygen atoms in total. The highest BCUT2D eigenvalue weighted by Gasteiger charge is 2.38. The molecule has 3 aromatic rings. The number of ether oxygens (including phenoxy) is 1. The van der Waals surface area contributed by atoms with Crippen LogP contribution in [0.1, 0.15) is 40.5 Å². The molecule has 4 rings (SSSR count). The van der Waals surface area contributed by atoms with Crippen molar-refractivity contribution in [3.8, 4) is 28.7 Å². The van der Waals surface area contributed by atoms with Crippen LogP contribution in [0.25, 0.3) is 17.1 Å². The van der Waals surface area contributed by atoms with Crippen LogP contribution in [-0.2, 0) is 0 Å². The molecule has 4 heterocycles. The summed E-state index contributed by atoms with van der Waals surface area (Å²) in [6, 6.07) is 5.04. The van der Waals surface area contributed by atoms with E-state index in [-0.39, 0.29) is 22.9 Å². The minimum atomic E-state index is -0.0235. The van der Waals surface area contributed by atoms with Crippen LogP contribution in [0.3, 0.4) is 0 Å². The largest absolute Gasteiger partial charge is 0.506 e. The lowest BCUT2D eigenvalue weighted by Crippen LogP contribution is -2.60. The minimum Gasteiger partial charge on any atom is -0.506 e. The number of hydrogen-bond donors (Lipinski definition) is 2. The summed E-state index contributed by atoms with van der Waals surface area (Å²) in [6.45, 7) is 8.71. The normalized spacial score (nSPS) is 18.5. The molecule has 1 saturated heterocycles. The lowest BCUT2D eigenvalue weighted by atomic mass is 9.81. The highest BCUT2D eigenvalue weighted by molar-refractivity contribution is 5.63. The van der Waals surface area contributed by atoms with E-state index in [9.17, 15) is 5.11 Å². The summed E-state index contributed by atoms with van der Waals surface area (Å²) in [4.78, 5) is 5.66. The van der Waals surface area contributed by atoms with Gasteiger partial charge in [-0.3, -0.25) is 0 Å². The average Bonchev–Trinajstić information content (AvgIpc) is 3.14. The minimum absolute atomic E-state index is 0.0132. The highest BCUT2D eigenvalue weighted by Crippen LogP contribution is 2.31. The lowest BCUT2D eigenvalue weighted by Gasteiger charge is -2.46. The van der Waals surface area contributed by atoms with Crippen molar-refractivity contribution < 1.29 is 9.84 Å². The summed E-state index contributed by atoms with van der Waals surface area (Å²) in [6.07, 6.45) is 6.49. The molecule has 3 aromatic heterocycles. The van der Waals surface area contributed by atoms with Crippen LogP contribution in [0, 0.1) is 0 Å². The maximum absolute atomic E-state index is 10.4. The molecule has 152 valence electrons. The average molecular weight is 395 g/mol. The molecule has 0 saturated carbocycles. The first kappa shape index (κ1) is 19.3. The molecule has 0 unspecified atom stereocenters. The van der Waals surface area contributed by atoms with E-state index in [0.717, 1.165) is 12.8 Å². The van der Waals surface area contributed by atoms with Crippen molar-refractivity contribution in [2.45, 2.75) is 57.7 Å². The Labute approximate surface area is 169 Å². The van der Waals surface area contributed by atoms with Gasteiger partial charge in [0.2, 0.25) is 5.88 Å². The molecule has 0 aromatic carbocycles. The van der Waals surface area contributed by atoms with Gasteiger partial charge in [-0.25, -0.2) is 4.98 Å². The number of aromatic hydroxyl groups is 1. The third kappa shape index (κ3) is 4.34. The monoisotopic (exact) mass is 395 g/mol. The Kier molecular flexibility index (Phi) is 4.70. The fourth-order valence-electron chi connectivity index (χ4n) is 4.09. The smallest absolute Gasteiger partial charge is 0.233 e. The molecule has 0 amide bonds. The van der Waals surface area contributed by atoms with Gasteiger partial charge in [-0.2, -0.15) is 10.2 Å². The van der Waals surface area contributed by atoms with Gasteiger partial charge in [0.1, 0.15) is 28.9 Å². The summed E-state index contributed by atoms with van der Waals surface area (Å²) >= 11 is 0. The first-order valence-corrected chi connectivity index (χ1v) is 9.57. The Morgan fingerprint density at radius 2 is 1.76 bits per heavy atom. The Morgan fingerprint density at radius 3 is 2.34 bits per heavy atom. The van der Waals surface area contributed by atoms with E-state index in [4.69, 9.17) is 4.74 Å².